The predicted octanol–water partition coefficient (Wildman–Crippen LogP) is 2.97. The fraction of sp³-hybridized carbons (Fsp3) is 0.538. The zero-order valence-corrected chi connectivity index (χ0v) is 13.2. The van der Waals surface area contributed by atoms with Crippen molar-refractivity contribution in [3.63, 3.8) is 0 Å². The van der Waals surface area contributed by atoms with Gasteiger partial charge < -0.3 is 5.11 Å². The summed E-state index contributed by atoms with van der Waals surface area (Å²) in [6.07, 6.45) is 3.43. The minimum Gasteiger partial charge on any atom is -0.391 e. The molecule has 0 aliphatic heterocycles. The number of aliphatic hydroxyl groups excluding tert-OH is 1. The lowest BCUT2D eigenvalue weighted by Gasteiger charge is -2.21. The SMILES string of the molecule is O=S(=O)(NC1CCCCCC1O)c1cc(Cl)cc(Cl)c1. The maximum absolute atomic E-state index is 12.3. The molecule has 112 valence electrons. The molecule has 0 aromatic heterocycles. The molecule has 4 nitrogen and oxygen atoms in total. The second kappa shape index (κ2) is 6.62. The molecule has 0 bridgehead atoms. The number of halogens is 2. The average Bonchev–Trinajstić information content (AvgIpc) is 2.53. The van der Waals surface area contributed by atoms with Crippen LogP contribution < -0.4 is 4.72 Å². The van der Waals surface area contributed by atoms with Gasteiger partial charge in [0.25, 0.3) is 0 Å². The van der Waals surface area contributed by atoms with Crippen molar-refractivity contribution in [1.82, 2.24) is 4.72 Å². The van der Waals surface area contributed by atoms with Crippen LogP contribution in [-0.2, 0) is 10.0 Å². The van der Waals surface area contributed by atoms with Gasteiger partial charge in [-0.2, -0.15) is 0 Å². The summed E-state index contributed by atoms with van der Waals surface area (Å²) in [5, 5.41) is 10.5. The molecule has 1 saturated carbocycles. The summed E-state index contributed by atoms with van der Waals surface area (Å²) in [4.78, 5) is 0.0199. The van der Waals surface area contributed by atoms with Crippen LogP contribution in [-0.4, -0.2) is 25.7 Å². The highest BCUT2D eigenvalue weighted by atomic mass is 35.5. The monoisotopic (exact) mass is 337 g/mol. The molecular weight excluding hydrogens is 321 g/mol. The minimum atomic E-state index is -3.73. The first kappa shape index (κ1) is 16.0. The van der Waals surface area contributed by atoms with Crippen LogP contribution in [0, 0.1) is 0 Å². The van der Waals surface area contributed by atoms with Crippen LogP contribution in [0.3, 0.4) is 0 Å². The molecule has 0 spiro atoms. The molecule has 0 amide bonds. The van der Waals surface area contributed by atoms with E-state index in [1.54, 1.807) is 0 Å². The largest absolute Gasteiger partial charge is 0.391 e. The van der Waals surface area contributed by atoms with Crippen LogP contribution in [0.4, 0.5) is 0 Å². The van der Waals surface area contributed by atoms with Gasteiger partial charge in [-0.05, 0) is 31.0 Å². The van der Waals surface area contributed by atoms with Crippen molar-refractivity contribution in [2.75, 3.05) is 0 Å². The van der Waals surface area contributed by atoms with Crippen molar-refractivity contribution < 1.29 is 13.5 Å². The average molecular weight is 338 g/mol. The van der Waals surface area contributed by atoms with Gasteiger partial charge in [0.15, 0.2) is 0 Å². The van der Waals surface area contributed by atoms with Crippen LogP contribution in [0.2, 0.25) is 10.0 Å². The summed E-state index contributed by atoms with van der Waals surface area (Å²) >= 11 is 11.7. The maximum Gasteiger partial charge on any atom is 0.241 e. The zero-order chi connectivity index (χ0) is 14.8. The molecule has 1 aromatic carbocycles. The molecule has 0 heterocycles. The standard InChI is InChI=1S/C13H17Cl2NO3S/c14-9-6-10(15)8-11(7-9)20(18,19)16-12-4-2-1-3-5-13(12)17/h6-8,12-13,16-17H,1-5H2. The summed E-state index contributed by atoms with van der Waals surface area (Å²) < 4.78 is 27.2. The fourth-order valence-electron chi connectivity index (χ4n) is 2.38. The third-order valence-electron chi connectivity index (χ3n) is 3.43. The highest BCUT2D eigenvalue weighted by Crippen LogP contribution is 2.24. The lowest BCUT2D eigenvalue weighted by atomic mass is 10.1. The van der Waals surface area contributed by atoms with Gasteiger partial charge in [0.1, 0.15) is 0 Å². The second-order valence-corrected chi connectivity index (χ2v) is 7.63. The summed E-state index contributed by atoms with van der Waals surface area (Å²) in [5.74, 6) is 0. The zero-order valence-electron chi connectivity index (χ0n) is 10.9. The van der Waals surface area contributed by atoms with E-state index in [9.17, 15) is 13.5 Å². The number of hydrogen-bond donors (Lipinski definition) is 2. The summed E-state index contributed by atoms with van der Waals surface area (Å²) in [5.41, 5.74) is 0. The minimum absolute atomic E-state index is 0.0199. The number of nitrogens with one attached hydrogen (secondary N) is 1. The first-order valence-corrected chi connectivity index (χ1v) is 8.79. The molecule has 2 atom stereocenters. The highest BCUT2D eigenvalue weighted by molar-refractivity contribution is 7.89. The van der Waals surface area contributed by atoms with Crippen molar-refractivity contribution in [3.8, 4) is 0 Å². The normalized spacial score (nSPS) is 24.4. The van der Waals surface area contributed by atoms with E-state index in [-0.39, 0.29) is 14.9 Å². The van der Waals surface area contributed by atoms with E-state index >= 15 is 0 Å². The van der Waals surface area contributed by atoms with Crippen molar-refractivity contribution in [2.45, 2.75) is 49.1 Å². The lowest BCUT2D eigenvalue weighted by molar-refractivity contribution is 0.130. The smallest absolute Gasteiger partial charge is 0.241 e. The van der Waals surface area contributed by atoms with Gasteiger partial charge in [-0.25, -0.2) is 13.1 Å². The molecule has 1 fully saturated rings. The predicted molar refractivity (Wildman–Crippen MR) is 79.7 cm³/mol. The van der Waals surface area contributed by atoms with E-state index in [1.807, 2.05) is 0 Å². The molecule has 1 aromatic rings. The van der Waals surface area contributed by atoms with Crippen LogP contribution in [0.25, 0.3) is 0 Å². The molecule has 2 N–H and O–H groups in total. The maximum atomic E-state index is 12.3. The first-order valence-electron chi connectivity index (χ1n) is 6.55. The van der Waals surface area contributed by atoms with E-state index in [1.165, 1.54) is 18.2 Å². The lowest BCUT2D eigenvalue weighted by Crippen LogP contribution is -2.42. The third kappa shape index (κ3) is 4.09. The molecule has 1 aliphatic rings. The van der Waals surface area contributed by atoms with Gasteiger partial charge >= 0.3 is 0 Å². The van der Waals surface area contributed by atoms with Gasteiger partial charge in [-0.3, -0.25) is 0 Å². The Balaban J connectivity index is 2.21. The molecule has 7 heteroatoms. The van der Waals surface area contributed by atoms with Crippen LogP contribution >= 0.6 is 23.2 Å². The van der Waals surface area contributed by atoms with E-state index in [4.69, 9.17) is 23.2 Å². The Kier molecular flexibility index (Phi) is 5.31. The number of sulfonamides is 1. The Morgan fingerprint density at radius 3 is 2.30 bits per heavy atom. The van der Waals surface area contributed by atoms with Crippen molar-refractivity contribution >= 4 is 33.2 Å². The number of benzene rings is 1. The van der Waals surface area contributed by atoms with E-state index in [2.05, 4.69) is 4.72 Å². The molecule has 0 saturated heterocycles. The molecule has 20 heavy (non-hydrogen) atoms. The van der Waals surface area contributed by atoms with Crippen molar-refractivity contribution in [3.05, 3.63) is 28.2 Å². The van der Waals surface area contributed by atoms with Gasteiger partial charge in [-0.1, -0.05) is 42.5 Å². The third-order valence-corrected chi connectivity index (χ3v) is 5.34. The van der Waals surface area contributed by atoms with Crippen LogP contribution in [0.1, 0.15) is 32.1 Å². The molecule has 1 aliphatic carbocycles. The fourth-order valence-corrected chi connectivity index (χ4v) is 4.41. The molecule has 2 rings (SSSR count). The van der Waals surface area contributed by atoms with Crippen LogP contribution in [0.15, 0.2) is 23.1 Å². The van der Waals surface area contributed by atoms with Gasteiger partial charge in [-0.15, -0.1) is 0 Å². The van der Waals surface area contributed by atoms with Gasteiger partial charge in [0.05, 0.1) is 11.0 Å². The van der Waals surface area contributed by atoms with Gasteiger partial charge in [0, 0.05) is 16.1 Å². The Bertz CT molecular complexity index is 557. The van der Waals surface area contributed by atoms with E-state index < -0.39 is 22.2 Å². The molecule has 0 radical (unpaired) electrons. The Labute approximate surface area is 129 Å². The number of aliphatic hydroxyl groups is 1. The van der Waals surface area contributed by atoms with Crippen LogP contribution in [0.5, 0.6) is 0 Å². The van der Waals surface area contributed by atoms with Crippen molar-refractivity contribution in [2.24, 2.45) is 0 Å². The summed E-state index contributed by atoms with van der Waals surface area (Å²) in [6.45, 7) is 0. The highest BCUT2D eigenvalue weighted by Gasteiger charge is 2.27. The Morgan fingerprint density at radius 1 is 1.05 bits per heavy atom. The topological polar surface area (TPSA) is 66.4 Å². The van der Waals surface area contributed by atoms with E-state index in [0.717, 1.165) is 19.3 Å². The van der Waals surface area contributed by atoms with Gasteiger partial charge in [0.2, 0.25) is 10.0 Å². The van der Waals surface area contributed by atoms with E-state index in [0.29, 0.717) is 12.8 Å². The Hall–Kier alpha value is -0.330. The summed E-state index contributed by atoms with van der Waals surface area (Å²) in [6, 6.07) is 3.71. The second-order valence-electron chi connectivity index (χ2n) is 5.04. The Morgan fingerprint density at radius 2 is 1.65 bits per heavy atom. The quantitative estimate of drug-likeness (QED) is 0.833. The summed E-state index contributed by atoms with van der Waals surface area (Å²) in [7, 11) is -3.73. The van der Waals surface area contributed by atoms with Crippen molar-refractivity contribution in [1.29, 1.82) is 0 Å². The molecule has 2 unspecified atom stereocenters. The molecular formula is C13H17Cl2NO3S. The number of hydrogen-bond acceptors (Lipinski definition) is 3. The number of rotatable bonds is 3. The first-order chi connectivity index (χ1) is 9.38.